The van der Waals surface area contributed by atoms with Crippen LogP contribution in [0.5, 0.6) is 0 Å². The standard InChI is InChI=1S/C14H15BrN4O/c1-9(16)10-3-2-4-12(7-10)18-14(20)19-13-6-5-11(15)8-17-13/h2-9H,16H2,1H3,(H2,17,18,19,20). The molecule has 0 radical (unpaired) electrons. The van der Waals surface area contributed by atoms with Gasteiger partial charge in [0.1, 0.15) is 5.82 Å². The number of carbonyl (C=O) groups is 1. The van der Waals surface area contributed by atoms with Crippen molar-refractivity contribution in [3.8, 4) is 0 Å². The number of anilines is 2. The van der Waals surface area contributed by atoms with Crippen molar-refractivity contribution in [1.29, 1.82) is 0 Å². The van der Waals surface area contributed by atoms with E-state index in [2.05, 4.69) is 31.5 Å². The predicted octanol–water partition coefficient (Wildman–Crippen LogP) is 3.51. The molecule has 0 saturated carbocycles. The third-order valence-electron chi connectivity index (χ3n) is 2.64. The van der Waals surface area contributed by atoms with E-state index in [0.29, 0.717) is 11.5 Å². The summed E-state index contributed by atoms with van der Waals surface area (Å²) in [6.07, 6.45) is 1.62. The van der Waals surface area contributed by atoms with Crippen LogP contribution in [0.1, 0.15) is 18.5 Å². The van der Waals surface area contributed by atoms with E-state index in [-0.39, 0.29) is 12.1 Å². The molecule has 1 aromatic heterocycles. The van der Waals surface area contributed by atoms with Crippen LogP contribution in [0.15, 0.2) is 47.1 Å². The van der Waals surface area contributed by atoms with Gasteiger partial charge < -0.3 is 11.1 Å². The maximum Gasteiger partial charge on any atom is 0.324 e. The van der Waals surface area contributed by atoms with Crippen molar-refractivity contribution < 1.29 is 4.79 Å². The average molecular weight is 335 g/mol. The van der Waals surface area contributed by atoms with Crippen LogP contribution in [-0.2, 0) is 0 Å². The summed E-state index contributed by atoms with van der Waals surface area (Å²) >= 11 is 3.28. The minimum absolute atomic E-state index is 0.0760. The van der Waals surface area contributed by atoms with Gasteiger partial charge in [0, 0.05) is 22.4 Å². The van der Waals surface area contributed by atoms with Crippen molar-refractivity contribution in [3.63, 3.8) is 0 Å². The Bertz CT molecular complexity index is 598. The summed E-state index contributed by atoms with van der Waals surface area (Å²) in [6, 6.07) is 10.5. The largest absolute Gasteiger partial charge is 0.324 e. The van der Waals surface area contributed by atoms with Gasteiger partial charge in [-0.2, -0.15) is 0 Å². The van der Waals surface area contributed by atoms with Crippen molar-refractivity contribution in [1.82, 2.24) is 4.98 Å². The Labute approximate surface area is 125 Å². The fraction of sp³-hybridized carbons (Fsp3) is 0.143. The highest BCUT2D eigenvalue weighted by molar-refractivity contribution is 9.10. The number of nitrogens with two attached hydrogens (primary N) is 1. The van der Waals surface area contributed by atoms with Gasteiger partial charge in [-0.05, 0) is 52.7 Å². The smallest absolute Gasteiger partial charge is 0.324 e. The summed E-state index contributed by atoms with van der Waals surface area (Å²) < 4.78 is 0.855. The first kappa shape index (κ1) is 14.5. The van der Waals surface area contributed by atoms with E-state index < -0.39 is 0 Å². The molecule has 0 fully saturated rings. The third kappa shape index (κ3) is 4.04. The molecule has 0 spiro atoms. The summed E-state index contributed by atoms with van der Waals surface area (Å²) in [7, 11) is 0. The van der Waals surface area contributed by atoms with E-state index in [4.69, 9.17) is 5.73 Å². The van der Waals surface area contributed by atoms with E-state index in [0.717, 1.165) is 10.0 Å². The van der Waals surface area contributed by atoms with Gasteiger partial charge in [0.15, 0.2) is 0 Å². The number of amides is 2. The van der Waals surface area contributed by atoms with Crippen molar-refractivity contribution in [2.24, 2.45) is 5.73 Å². The second kappa shape index (κ2) is 6.49. The summed E-state index contributed by atoms with van der Waals surface area (Å²) in [4.78, 5) is 15.9. The number of rotatable bonds is 3. The molecular formula is C14H15BrN4O. The number of nitrogens with one attached hydrogen (secondary N) is 2. The third-order valence-corrected chi connectivity index (χ3v) is 3.11. The van der Waals surface area contributed by atoms with Crippen LogP contribution >= 0.6 is 15.9 Å². The summed E-state index contributed by atoms with van der Waals surface area (Å²) in [5.41, 5.74) is 7.46. The monoisotopic (exact) mass is 334 g/mol. The Morgan fingerprint density at radius 3 is 2.75 bits per heavy atom. The van der Waals surface area contributed by atoms with Gasteiger partial charge in [0.2, 0.25) is 0 Å². The van der Waals surface area contributed by atoms with Crippen LogP contribution in [0.4, 0.5) is 16.3 Å². The average Bonchev–Trinajstić information content (AvgIpc) is 2.41. The number of nitrogens with zero attached hydrogens (tertiary/aromatic N) is 1. The SMILES string of the molecule is CC(N)c1cccc(NC(=O)Nc2ccc(Br)cn2)c1. The Balaban J connectivity index is 2.01. The van der Waals surface area contributed by atoms with E-state index >= 15 is 0 Å². The number of carbonyl (C=O) groups excluding carboxylic acids is 1. The molecule has 6 heteroatoms. The lowest BCUT2D eigenvalue weighted by Gasteiger charge is -2.10. The molecule has 0 bridgehead atoms. The lowest BCUT2D eigenvalue weighted by atomic mass is 10.1. The Hall–Kier alpha value is -1.92. The number of halogens is 1. The van der Waals surface area contributed by atoms with Crippen LogP contribution in [0, 0.1) is 0 Å². The van der Waals surface area contributed by atoms with E-state index in [9.17, 15) is 4.79 Å². The molecule has 0 saturated heterocycles. The minimum atomic E-state index is -0.346. The summed E-state index contributed by atoms with van der Waals surface area (Å²) in [5, 5.41) is 5.40. The second-order valence-electron chi connectivity index (χ2n) is 4.35. The zero-order valence-electron chi connectivity index (χ0n) is 10.9. The molecule has 5 nitrogen and oxygen atoms in total. The first-order chi connectivity index (χ1) is 9.54. The Morgan fingerprint density at radius 2 is 2.10 bits per heavy atom. The van der Waals surface area contributed by atoms with Crippen LogP contribution in [-0.4, -0.2) is 11.0 Å². The zero-order valence-corrected chi connectivity index (χ0v) is 12.5. The zero-order chi connectivity index (χ0) is 14.5. The normalized spacial score (nSPS) is 11.8. The molecule has 20 heavy (non-hydrogen) atoms. The first-order valence-electron chi connectivity index (χ1n) is 6.09. The fourth-order valence-electron chi connectivity index (χ4n) is 1.63. The molecule has 0 aliphatic carbocycles. The summed E-state index contributed by atoms with van der Waals surface area (Å²) in [5.74, 6) is 0.481. The number of hydrogen-bond acceptors (Lipinski definition) is 3. The highest BCUT2D eigenvalue weighted by atomic mass is 79.9. The molecule has 1 atom stereocenters. The van der Waals surface area contributed by atoms with Crippen molar-refractivity contribution in [2.45, 2.75) is 13.0 Å². The van der Waals surface area contributed by atoms with Crippen LogP contribution in [0.25, 0.3) is 0 Å². The Morgan fingerprint density at radius 1 is 1.30 bits per heavy atom. The lowest BCUT2D eigenvalue weighted by Crippen LogP contribution is -2.20. The second-order valence-corrected chi connectivity index (χ2v) is 5.27. The van der Waals surface area contributed by atoms with Crippen molar-refractivity contribution in [3.05, 3.63) is 52.6 Å². The highest BCUT2D eigenvalue weighted by Crippen LogP contribution is 2.16. The number of aromatic nitrogens is 1. The fourth-order valence-corrected chi connectivity index (χ4v) is 1.86. The minimum Gasteiger partial charge on any atom is -0.324 e. The molecule has 104 valence electrons. The van der Waals surface area contributed by atoms with Gasteiger partial charge in [-0.3, -0.25) is 5.32 Å². The molecule has 1 heterocycles. The van der Waals surface area contributed by atoms with Gasteiger partial charge in [-0.1, -0.05) is 12.1 Å². The van der Waals surface area contributed by atoms with Crippen molar-refractivity contribution in [2.75, 3.05) is 10.6 Å². The van der Waals surface area contributed by atoms with E-state index in [1.807, 2.05) is 25.1 Å². The predicted molar refractivity (Wildman–Crippen MR) is 83.6 cm³/mol. The van der Waals surface area contributed by atoms with Gasteiger partial charge in [-0.25, -0.2) is 9.78 Å². The maximum atomic E-state index is 11.8. The Kier molecular flexibility index (Phi) is 4.70. The van der Waals surface area contributed by atoms with Gasteiger partial charge in [0.05, 0.1) is 0 Å². The van der Waals surface area contributed by atoms with Gasteiger partial charge in [-0.15, -0.1) is 0 Å². The molecule has 1 aromatic carbocycles. The molecule has 4 N–H and O–H groups in total. The highest BCUT2D eigenvalue weighted by Gasteiger charge is 2.05. The van der Waals surface area contributed by atoms with E-state index in [1.54, 1.807) is 24.4 Å². The van der Waals surface area contributed by atoms with Crippen LogP contribution in [0.2, 0.25) is 0 Å². The molecule has 1 unspecified atom stereocenters. The quantitative estimate of drug-likeness (QED) is 0.803. The number of hydrogen-bond donors (Lipinski definition) is 3. The number of benzene rings is 1. The topological polar surface area (TPSA) is 80.0 Å². The van der Waals surface area contributed by atoms with Crippen LogP contribution in [0.3, 0.4) is 0 Å². The number of urea groups is 1. The molecular weight excluding hydrogens is 320 g/mol. The lowest BCUT2D eigenvalue weighted by molar-refractivity contribution is 0.262. The molecule has 2 aromatic rings. The molecule has 2 amide bonds. The molecule has 0 aliphatic heterocycles. The van der Waals surface area contributed by atoms with E-state index in [1.165, 1.54) is 0 Å². The summed E-state index contributed by atoms with van der Waals surface area (Å²) in [6.45, 7) is 1.89. The molecule has 2 rings (SSSR count). The van der Waals surface area contributed by atoms with Gasteiger partial charge >= 0.3 is 6.03 Å². The molecule has 0 aliphatic rings. The van der Waals surface area contributed by atoms with Gasteiger partial charge in [0.25, 0.3) is 0 Å². The number of pyridine rings is 1. The van der Waals surface area contributed by atoms with Crippen LogP contribution < -0.4 is 16.4 Å². The first-order valence-corrected chi connectivity index (χ1v) is 6.89. The van der Waals surface area contributed by atoms with Crippen molar-refractivity contribution >= 4 is 33.5 Å². The maximum absolute atomic E-state index is 11.8.